The molecular formula is C16H18N2O4. The first-order valence-corrected chi connectivity index (χ1v) is 6.90. The largest absolute Gasteiger partial charge is 0.491 e. The molecule has 116 valence electrons. The third-order valence-electron chi connectivity index (χ3n) is 2.98. The Labute approximate surface area is 127 Å². The van der Waals surface area contributed by atoms with Crippen LogP contribution in [0.3, 0.4) is 0 Å². The Balaban J connectivity index is 1.81. The predicted octanol–water partition coefficient (Wildman–Crippen LogP) is 0.853. The van der Waals surface area contributed by atoms with Gasteiger partial charge in [-0.25, -0.2) is 0 Å². The molecule has 3 N–H and O–H groups in total. The first-order valence-electron chi connectivity index (χ1n) is 6.90. The lowest BCUT2D eigenvalue weighted by atomic mass is 10.2. The molecule has 1 atom stereocenters. The van der Waals surface area contributed by atoms with E-state index in [0.717, 1.165) is 0 Å². The van der Waals surface area contributed by atoms with E-state index in [9.17, 15) is 14.7 Å². The van der Waals surface area contributed by atoms with Crippen LogP contribution in [0.15, 0.2) is 47.3 Å². The van der Waals surface area contributed by atoms with E-state index >= 15 is 0 Å². The number of aromatic nitrogens is 1. The van der Waals surface area contributed by atoms with Crippen LogP contribution in [0.25, 0.3) is 0 Å². The Morgan fingerprint density at radius 3 is 2.68 bits per heavy atom. The van der Waals surface area contributed by atoms with Crippen molar-refractivity contribution in [1.29, 1.82) is 0 Å². The molecule has 0 aliphatic rings. The summed E-state index contributed by atoms with van der Waals surface area (Å²) in [6.45, 7) is 1.78. The maximum atomic E-state index is 11.9. The van der Waals surface area contributed by atoms with Gasteiger partial charge in [0.15, 0.2) is 0 Å². The predicted molar refractivity (Wildman–Crippen MR) is 82.1 cm³/mol. The number of aromatic amines is 1. The van der Waals surface area contributed by atoms with Gasteiger partial charge in [0.25, 0.3) is 11.5 Å². The lowest BCUT2D eigenvalue weighted by Crippen LogP contribution is -2.37. The molecule has 6 nitrogen and oxygen atoms in total. The number of aryl methyl sites for hydroxylation is 1. The monoisotopic (exact) mass is 302 g/mol. The number of H-pyrrole nitrogens is 1. The Morgan fingerprint density at radius 2 is 2.00 bits per heavy atom. The molecule has 0 aliphatic carbocycles. The highest BCUT2D eigenvalue weighted by Gasteiger charge is 2.12. The molecule has 1 heterocycles. The third kappa shape index (κ3) is 4.46. The lowest BCUT2D eigenvalue weighted by Gasteiger charge is -2.13. The number of amides is 1. The number of hydrogen-bond donors (Lipinski definition) is 3. The van der Waals surface area contributed by atoms with Crippen LogP contribution in [0, 0.1) is 6.92 Å². The molecule has 0 saturated carbocycles. The summed E-state index contributed by atoms with van der Waals surface area (Å²) in [5.41, 5.74) is 0.243. The van der Waals surface area contributed by atoms with Crippen molar-refractivity contribution in [2.45, 2.75) is 13.0 Å². The molecule has 6 heteroatoms. The smallest absolute Gasteiger partial charge is 0.260 e. The number of rotatable bonds is 6. The van der Waals surface area contributed by atoms with Crippen LogP contribution < -0.4 is 15.6 Å². The molecule has 0 saturated heterocycles. The molecule has 0 unspecified atom stereocenters. The van der Waals surface area contributed by atoms with E-state index < -0.39 is 17.6 Å². The maximum Gasteiger partial charge on any atom is 0.260 e. The lowest BCUT2D eigenvalue weighted by molar-refractivity contribution is 0.0842. The van der Waals surface area contributed by atoms with Crippen LogP contribution in [-0.2, 0) is 0 Å². The maximum absolute atomic E-state index is 11.9. The first kappa shape index (κ1) is 15.8. The van der Waals surface area contributed by atoms with Gasteiger partial charge < -0.3 is 20.1 Å². The van der Waals surface area contributed by atoms with Crippen molar-refractivity contribution in [3.63, 3.8) is 0 Å². The summed E-state index contributed by atoms with van der Waals surface area (Å²) in [5, 5.41) is 12.3. The highest BCUT2D eigenvalue weighted by atomic mass is 16.5. The minimum absolute atomic E-state index is 0.00101. The molecule has 0 radical (unpaired) electrons. The fourth-order valence-corrected chi connectivity index (χ4v) is 1.82. The summed E-state index contributed by atoms with van der Waals surface area (Å²) < 4.78 is 5.38. The Morgan fingerprint density at radius 1 is 1.27 bits per heavy atom. The Kier molecular flexibility index (Phi) is 5.32. The van der Waals surface area contributed by atoms with Crippen molar-refractivity contribution in [2.75, 3.05) is 13.2 Å². The highest BCUT2D eigenvalue weighted by Crippen LogP contribution is 2.08. The topological polar surface area (TPSA) is 91.4 Å². The van der Waals surface area contributed by atoms with Crippen LogP contribution in [0.4, 0.5) is 0 Å². The van der Waals surface area contributed by atoms with Crippen LogP contribution in [-0.4, -0.2) is 35.3 Å². The third-order valence-corrected chi connectivity index (χ3v) is 2.98. The van der Waals surface area contributed by atoms with Gasteiger partial charge in [-0.1, -0.05) is 18.2 Å². The van der Waals surface area contributed by atoms with Gasteiger partial charge in [-0.3, -0.25) is 9.59 Å². The van der Waals surface area contributed by atoms with Gasteiger partial charge in [-0.05, 0) is 31.2 Å². The van der Waals surface area contributed by atoms with E-state index in [-0.39, 0.29) is 18.7 Å². The molecule has 2 aromatic rings. The molecule has 0 bridgehead atoms. The number of pyridine rings is 1. The molecule has 0 spiro atoms. The van der Waals surface area contributed by atoms with Crippen molar-refractivity contribution in [2.24, 2.45) is 0 Å². The number of carbonyl (C=O) groups is 1. The summed E-state index contributed by atoms with van der Waals surface area (Å²) in [6, 6.07) is 12.2. The molecule has 1 aromatic carbocycles. The van der Waals surface area contributed by atoms with E-state index in [1.165, 1.54) is 6.07 Å². The minimum atomic E-state index is -0.867. The SMILES string of the molecule is Cc1ccc(C(=O)NC[C@@H](O)COc2ccccc2)c(=O)[nH]1. The van der Waals surface area contributed by atoms with Gasteiger partial charge in [0.2, 0.25) is 0 Å². The van der Waals surface area contributed by atoms with E-state index in [1.54, 1.807) is 25.1 Å². The van der Waals surface area contributed by atoms with Gasteiger partial charge in [0.1, 0.15) is 24.0 Å². The number of aliphatic hydroxyl groups is 1. The minimum Gasteiger partial charge on any atom is -0.491 e. The average molecular weight is 302 g/mol. The van der Waals surface area contributed by atoms with Crippen molar-refractivity contribution in [3.8, 4) is 5.75 Å². The number of para-hydroxylation sites is 1. The quantitative estimate of drug-likeness (QED) is 0.738. The van der Waals surface area contributed by atoms with Gasteiger partial charge >= 0.3 is 0 Å². The average Bonchev–Trinajstić information content (AvgIpc) is 2.51. The Bertz CT molecular complexity index is 682. The second-order valence-electron chi connectivity index (χ2n) is 4.87. The fourth-order valence-electron chi connectivity index (χ4n) is 1.82. The van der Waals surface area contributed by atoms with Crippen LogP contribution in [0.1, 0.15) is 16.1 Å². The standard InChI is InChI=1S/C16H18N2O4/c1-11-7-8-14(16(21)18-11)15(20)17-9-12(19)10-22-13-5-3-2-4-6-13/h2-8,12,19H,9-10H2,1H3,(H,17,20)(H,18,21)/t12-/m1/s1. The van der Waals surface area contributed by atoms with Crippen LogP contribution in [0.2, 0.25) is 0 Å². The van der Waals surface area contributed by atoms with E-state index in [0.29, 0.717) is 11.4 Å². The molecule has 22 heavy (non-hydrogen) atoms. The van der Waals surface area contributed by atoms with Gasteiger partial charge in [0.05, 0.1) is 0 Å². The van der Waals surface area contributed by atoms with Crippen LogP contribution >= 0.6 is 0 Å². The molecular weight excluding hydrogens is 284 g/mol. The summed E-state index contributed by atoms with van der Waals surface area (Å²) in [6.07, 6.45) is -0.867. The zero-order chi connectivity index (χ0) is 15.9. The summed E-state index contributed by atoms with van der Waals surface area (Å²) in [7, 11) is 0. The number of aliphatic hydroxyl groups excluding tert-OH is 1. The van der Waals surface area contributed by atoms with Gasteiger partial charge in [-0.15, -0.1) is 0 Å². The zero-order valence-corrected chi connectivity index (χ0v) is 12.2. The number of carbonyl (C=O) groups excluding carboxylic acids is 1. The van der Waals surface area contributed by atoms with Crippen molar-refractivity contribution < 1.29 is 14.6 Å². The van der Waals surface area contributed by atoms with Crippen molar-refractivity contribution in [1.82, 2.24) is 10.3 Å². The Hall–Kier alpha value is -2.60. The summed E-state index contributed by atoms with van der Waals surface area (Å²) in [5.74, 6) is 0.114. The van der Waals surface area contributed by atoms with Gasteiger partial charge in [-0.2, -0.15) is 0 Å². The number of ether oxygens (including phenoxy) is 1. The normalized spacial score (nSPS) is 11.7. The number of hydrogen-bond acceptors (Lipinski definition) is 4. The summed E-state index contributed by atoms with van der Waals surface area (Å²) in [4.78, 5) is 26.1. The molecule has 1 aromatic heterocycles. The highest BCUT2D eigenvalue weighted by molar-refractivity contribution is 5.93. The molecule has 0 aliphatic heterocycles. The molecule has 0 fully saturated rings. The van der Waals surface area contributed by atoms with E-state index in [1.807, 2.05) is 18.2 Å². The second kappa shape index (κ2) is 7.42. The molecule has 2 rings (SSSR count). The van der Waals surface area contributed by atoms with E-state index in [2.05, 4.69) is 10.3 Å². The first-order chi connectivity index (χ1) is 10.6. The molecule has 1 amide bonds. The summed E-state index contributed by atoms with van der Waals surface area (Å²) >= 11 is 0. The number of nitrogens with one attached hydrogen (secondary N) is 2. The number of benzene rings is 1. The van der Waals surface area contributed by atoms with Gasteiger partial charge in [0, 0.05) is 12.2 Å². The second-order valence-corrected chi connectivity index (χ2v) is 4.87. The van der Waals surface area contributed by atoms with Crippen molar-refractivity contribution in [3.05, 3.63) is 64.1 Å². The van der Waals surface area contributed by atoms with E-state index in [4.69, 9.17) is 4.74 Å². The van der Waals surface area contributed by atoms with Crippen LogP contribution in [0.5, 0.6) is 5.75 Å². The fraction of sp³-hybridized carbons (Fsp3) is 0.250. The zero-order valence-electron chi connectivity index (χ0n) is 12.2. The van der Waals surface area contributed by atoms with Crippen molar-refractivity contribution >= 4 is 5.91 Å².